The van der Waals surface area contributed by atoms with E-state index in [1.54, 1.807) is 18.2 Å². The molecule has 1 aromatic rings. The highest BCUT2D eigenvalue weighted by molar-refractivity contribution is 7.89. The van der Waals surface area contributed by atoms with Crippen LogP contribution in [0.2, 0.25) is 0 Å². The number of benzene rings is 1. The van der Waals surface area contributed by atoms with Crippen LogP contribution in [0.1, 0.15) is 52.4 Å². The number of nitrogens with two attached hydrogens (primary N) is 1. The highest BCUT2D eigenvalue weighted by atomic mass is 32.2. The first-order chi connectivity index (χ1) is 16.6. The molecule has 1 aliphatic heterocycles. The van der Waals surface area contributed by atoms with Gasteiger partial charge in [-0.05, 0) is 38.3 Å². The molecule has 1 saturated heterocycles. The van der Waals surface area contributed by atoms with Crippen LogP contribution in [0.25, 0.3) is 0 Å². The number of nitrogens with one attached hydrogen (secondary N) is 2. The summed E-state index contributed by atoms with van der Waals surface area (Å²) in [6.07, 6.45) is 5.69. The van der Waals surface area contributed by atoms with Gasteiger partial charge >= 0.3 is 6.03 Å². The molecule has 0 bridgehead atoms. The SMILES string of the molecule is CC(C)NC(=O)N1CCN(S(=O)(=O)c2ccccc2)[C@@H](C(=O)N[C@@H](CC2CCCCC2)C(N)=O)C1. The van der Waals surface area contributed by atoms with Crippen molar-refractivity contribution in [1.29, 1.82) is 0 Å². The first-order valence-corrected chi connectivity index (χ1v) is 13.8. The Balaban J connectivity index is 1.83. The van der Waals surface area contributed by atoms with E-state index >= 15 is 0 Å². The zero-order chi connectivity index (χ0) is 25.6. The summed E-state index contributed by atoms with van der Waals surface area (Å²) in [6.45, 7) is 3.59. The van der Waals surface area contributed by atoms with Crippen LogP contribution in [0, 0.1) is 5.92 Å². The zero-order valence-electron chi connectivity index (χ0n) is 20.5. The fourth-order valence-corrected chi connectivity index (χ4v) is 6.38. The summed E-state index contributed by atoms with van der Waals surface area (Å²) in [7, 11) is -4.01. The monoisotopic (exact) mass is 507 g/mol. The van der Waals surface area contributed by atoms with Crippen molar-refractivity contribution in [2.45, 2.75) is 75.4 Å². The Hall–Kier alpha value is -2.66. The third-order valence-electron chi connectivity index (χ3n) is 6.64. The molecule has 2 atom stereocenters. The Bertz CT molecular complexity index is 995. The van der Waals surface area contributed by atoms with Gasteiger partial charge in [-0.25, -0.2) is 13.2 Å². The molecule has 1 aliphatic carbocycles. The van der Waals surface area contributed by atoms with Crippen LogP contribution in [0.4, 0.5) is 4.79 Å². The highest BCUT2D eigenvalue weighted by Crippen LogP contribution is 2.28. The normalized spacial score (nSPS) is 20.9. The van der Waals surface area contributed by atoms with Gasteiger partial charge in [0.25, 0.3) is 0 Å². The Kier molecular flexibility index (Phi) is 9.12. The fraction of sp³-hybridized carbons (Fsp3) is 0.625. The lowest BCUT2D eigenvalue weighted by Gasteiger charge is -2.40. The van der Waals surface area contributed by atoms with Crippen LogP contribution in [0.15, 0.2) is 35.2 Å². The molecule has 10 nitrogen and oxygen atoms in total. The smallest absolute Gasteiger partial charge is 0.317 e. The van der Waals surface area contributed by atoms with Gasteiger partial charge in [0.1, 0.15) is 12.1 Å². The fourth-order valence-electron chi connectivity index (χ4n) is 4.79. The van der Waals surface area contributed by atoms with Crippen molar-refractivity contribution in [3.8, 4) is 0 Å². The second-order valence-electron chi connectivity index (χ2n) is 9.70. The maximum atomic E-state index is 13.5. The first kappa shape index (κ1) is 26.9. The lowest BCUT2D eigenvalue weighted by Crippen LogP contribution is -2.64. The second-order valence-corrected chi connectivity index (χ2v) is 11.6. The molecule has 0 unspecified atom stereocenters. The molecular weight excluding hydrogens is 470 g/mol. The Labute approximate surface area is 207 Å². The van der Waals surface area contributed by atoms with Gasteiger partial charge in [0.2, 0.25) is 21.8 Å². The molecule has 11 heteroatoms. The summed E-state index contributed by atoms with van der Waals surface area (Å²) in [5.41, 5.74) is 5.61. The van der Waals surface area contributed by atoms with E-state index < -0.39 is 33.9 Å². The molecule has 2 fully saturated rings. The van der Waals surface area contributed by atoms with Crippen LogP contribution < -0.4 is 16.4 Å². The zero-order valence-corrected chi connectivity index (χ0v) is 21.3. The van der Waals surface area contributed by atoms with Gasteiger partial charge in [-0.2, -0.15) is 4.31 Å². The van der Waals surface area contributed by atoms with Crippen LogP contribution in [0.3, 0.4) is 0 Å². The number of primary amides is 1. The van der Waals surface area contributed by atoms with Crippen LogP contribution in [-0.4, -0.2) is 73.2 Å². The van der Waals surface area contributed by atoms with Gasteiger partial charge in [-0.15, -0.1) is 0 Å². The van der Waals surface area contributed by atoms with E-state index in [1.807, 2.05) is 13.8 Å². The number of carbonyl (C=O) groups excluding carboxylic acids is 3. The molecule has 1 aromatic carbocycles. The van der Waals surface area contributed by atoms with E-state index in [0.717, 1.165) is 36.4 Å². The number of sulfonamides is 1. The minimum absolute atomic E-state index is 0.0509. The molecule has 4 N–H and O–H groups in total. The number of rotatable bonds is 8. The van der Waals surface area contributed by atoms with Crippen molar-refractivity contribution in [2.24, 2.45) is 11.7 Å². The number of urea groups is 1. The Morgan fingerprint density at radius 2 is 1.69 bits per heavy atom. The summed E-state index contributed by atoms with van der Waals surface area (Å²) >= 11 is 0. The van der Waals surface area contributed by atoms with E-state index in [1.165, 1.54) is 17.0 Å². The van der Waals surface area contributed by atoms with Crippen LogP contribution >= 0.6 is 0 Å². The van der Waals surface area contributed by atoms with Gasteiger partial charge in [-0.3, -0.25) is 9.59 Å². The van der Waals surface area contributed by atoms with Crippen molar-refractivity contribution >= 4 is 27.9 Å². The van der Waals surface area contributed by atoms with Gasteiger partial charge in [-0.1, -0.05) is 50.3 Å². The molecule has 0 aromatic heterocycles. The van der Waals surface area contributed by atoms with Crippen molar-refractivity contribution in [2.75, 3.05) is 19.6 Å². The minimum atomic E-state index is -4.01. The average molecular weight is 508 g/mol. The molecule has 1 saturated carbocycles. The van der Waals surface area contributed by atoms with Crippen molar-refractivity contribution in [3.63, 3.8) is 0 Å². The largest absolute Gasteiger partial charge is 0.368 e. The summed E-state index contributed by atoms with van der Waals surface area (Å²) in [4.78, 5) is 39.8. The van der Waals surface area contributed by atoms with Crippen LogP contribution in [0.5, 0.6) is 0 Å². The van der Waals surface area contributed by atoms with Crippen molar-refractivity contribution in [1.82, 2.24) is 19.8 Å². The number of carbonyl (C=O) groups is 3. The summed E-state index contributed by atoms with van der Waals surface area (Å²) < 4.78 is 28.0. The highest BCUT2D eigenvalue weighted by Gasteiger charge is 2.42. The number of amides is 4. The van der Waals surface area contributed by atoms with Gasteiger partial charge < -0.3 is 21.3 Å². The van der Waals surface area contributed by atoms with Gasteiger partial charge in [0.05, 0.1) is 4.90 Å². The number of hydrogen-bond donors (Lipinski definition) is 3. The summed E-state index contributed by atoms with van der Waals surface area (Å²) in [5.74, 6) is -0.997. The predicted octanol–water partition coefficient (Wildman–Crippen LogP) is 1.42. The predicted molar refractivity (Wildman–Crippen MR) is 132 cm³/mol. The van der Waals surface area contributed by atoms with E-state index in [2.05, 4.69) is 10.6 Å². The number of nitrogens with zero attached hydrogens (tertiary/aromatic N) is 2. The van der Waals surface area contributed by atoms with Crippen molar-refractivity contribution < 1.29 is 22.8 Å². The van der Waals surface area contributed by atoms with Gasteiger partial charge in [0, 0.05) is 25.7 Å². The first-order valence-electron chi connectivity index (χ1n) is 12.3. The molecule has 0 radical (unpaired) electrons. The molecule has 194 valence electrons. The Morgan fingerprint density at radius 3 is 2.29 bits per heavy atom. The van der Waals surface area contributed by atoms with E-state index in [9.17, 15) is 22.8 Å². The lowest BCUT2D eigenvalue weighted by atomic mass is 9.84. The summed E-state index contributed by atoms with van der Waals surface area (Å²) in [5, 5.41) is 5.49. The third-order valence-corrected chi connectivity index (χ3v) is 8.56. The minimum Gasteiger partial charge on any atom is -0.368 e. The molecule has 35 heavy (non-hydrogen) atoms. The lowest BCUT2D eigenvalue weighted by molar-refractivity contribution is -0.131. The quantitative estimate of drug-likeness (QED) is 0.488. The molecule has 4 amide bonds. The number of hydrogen-bond acceptors (Lipinski definition) is 5. The number of piperazine rings is 1. The maximum Gasteiger partial charge on any atom is 0.317 e. The molecular formula is C24H37N5O5S. The standard InChI is InChI=1S/C24H37N5O5S/c1-17(2)26-24(32)28-13-14-29(35(33,34)19-11-7-4-8-12-19)21(16-28)23(31)27-20(22(25)30)15-18-9-5-3-6-10-18/h4,7-8,11-12,17-18,20-21H,3,5-6,9-10,13-16H2,1-2H3,(H2,25,30)(H,26,32)(H,27,31)/t20-,21+/m0/s1. The van der Waals surface area contributed by atoms with Crippen molar-refractivity contribution in [3.05, 3.63) is 30.3 Å². The summed E-state index contributed by atoms with van der Waals surface area (Å²) in [6, 6.07) is 5.30. The Morgan fingerprint density at radius 1 is 1.03 bits per heavy atom. The van der Waals surface area contributed by atoms with Crippen LogP contribution in [-0.2, 0) is 19.6 Å². The van der Waals surface area contributed by atoms with E-state index in [0.29, 0.717) is 6.42 Å². The molecule has 3 rings (SSSR count). The third kappa shape index (κ3) is 6.94. The maximum absolute atomic E-state index is 13.5. The molecule has 1 heterocycles. The molecule has 2 aliphatic rings. The average Bonchev–Trinajstić information content (AvgIpc) is 2.84. The second kappa shape index (κ2) is 11.9. The van der Waals surface area contributed by atoms with E-state index in [-0.39, 0.29) is 42.5 Å². The van der Waals surface area contributed by atoms with E-state index in [4.69, 9.17) is 5.73 Å². The molecule has 0 spiro atoms. The topological polar surface area (TPSA) is 142 Å². The van der Waals surface area contributed by atoms with Gasteiger partial charge in [0.15, 0.2) is 0 Å².